The topological polar surface area (TPSA) is 65.5 Å². The fourth-order valence-electron chi connectivity index (χ4n) is 3.58. The number of pyridine rings is 1. The summed E-state index contributed by atoms with van der Waals surface area (Å²) in [5.74, 6) is -0.414. The van der Waals surface area contributed by atoms with Crippen molar-refractivity contribution in [2.45, 2.75) is 6.42 Å². The molecule has 0 spiro atoms. The van der Waals surface area contributed by atoms with Crippen molar-refractivity contribution in [2.24, 2.45) is 0 Å². The fraction of sp³-hybridized carbons (Fsp3) is 0.208. The predicted octanol–water partition coefficient (Wildman–Crippen LogP) is 3.50. The number of nitrogens with zero attached hydrogens (tertiary/aromatic N) is 3. The molecule has 0 atom stereocenters. The van der Waals surface area contributed by atoms with Crippen LogP contribution >= 0.6 is 0 Å². The number of piperazine rings is 1. The lowest BCUT2D eigenvalue weighted by Crippen LogP contribution is -2.49. The van der Waals surface area contributed by atoms with Gasteiger partial charge >= 0.3 is 0 Å². The van der Waals surface area contributed by atoms with Crippen LogP contribution in [0, 0.1) is 11.6 Å². The van der Waals surface area contributed by atoms with Gasteiger partial charge in [-0.3, -0.25) is 9.59 Å². The highest BCUT2D eigenvalue weighted by atomic mass is 19.1. The Hall–Kier alpha value is -3.81. The third kappa shape index (κ3) is 5.26. The smallest absolute Gasteiger partial charge is 0.254 e. The van der Waals surface area contributed by atoms with Gasteiger partial charge in [0.05, 0.1) is 18.3 Å². The molecule has 2 aromatic carbocycles. The predicted molar refractivity (Wildman–Crippen MR) is 117 cm³/mol. The maximum absolute atomic E-state index is 13.4. The molecular formula is C24H22F2N4O2. The quantitative estimate of drug-likeness (QED) is 0.665. The van der Waals surface area contributed by atoms with E-state index in [1.54, 1.807) is 35.4 Å². The Morgan fingerprint density at radius 1 is 0.906 bits per heavy atom. The summed E-state index contributed by atoms with van der Waals surface area (Å²) in [4.78, 5) is 32.9. The number of amides is 2. The summed E-state index contributed by atoms with van der Waals surface area (Å²) in [6.45, 7) is 2.22. The molecule has 8 heteroatoms. The van der Waals surface area contributed by atoms with Gasteiger partial charge in [0.2, 0.25) is 5.91 Å². The van der Waals surface area contributed by atoms with Crippen LogP contribution < -0.4 is 10.2 Å². The number of carbonyl (C=O) groups is 2. The van der Waals surface area contributed by atoms with E-state index in [1.807, 2.05) is 6.07 Å². The number of rotatable bonds is 5. The van der Waals surface area contributed by atoms with E-state index in [4.69, 9.17) is 0 Å². The van der Waals surface area contributed by atoms with Gasteiger partial charge in [0, 0.05) is 31.7 Å². The Bertz CT molecular complexity index is 1100. The van der Waals surface area contributed by atoms with Crippen LogP contribution in [0.5, 0.6) is 0 Å². The number of nitrogens with one attached hydrogen (secondary N) is 1. The number of hydrogen-bond donors (Lipinski definition) is 1. The molecule has 164 valence electrons. The van der Waals surface area contributed by atoms with Crippen molar-refractivity contribution in [1.29, 1.82) is 0 Å². The molecule has 4 rings (SSSR count). The van der Waals surface area contributed by atoms with Crippen LogP contribution in [0.4, 0.5) is 20.3 Å². The highest BCUT2D eigenvalue weighted by molar-refractivity contribution is 5.94. The number of hydrogen-bond acceptors (Lipinski definition) is 4. The van der Waals surface area contributed by atoms with Gasteiger partial charge < -0.3 is 15.1 Å². The molecule has 1 saturated heterocycles. The summed E-state index contributed by atoms with van der Waals surface area (Å²) in [5.41, 5.74) is 1.64. The van der Waals surface area contributed by atoms with Crippen molar-refractivity contribution >= 4 is 23.3 Å². The summed E-state index contributed by atoms with van der Waals surface area (Å²) >= 11 is 0. The van der Waals surface area contributed by atoms with Crippen LogP contribution in [0.25, 0.3) is 0 Å². The number of aromatic nitrogens is 1. The third-order valence-electron chi connectivity index (χ3n) is 5.27. The molecule has 3 aromatic rings. The lowest BCUT2D eigenvalue weighted by molar-refractivity contribution is -0.115. The fourth-order valence-corrected chi connectivity index (χ4v) is 3.58. The molecule has 6 nitrogen and oxygen atoms in total. The van der Waals surface area contributed by atoms with E-state index in [2.05, 4.69) is 15.2 Å². The summed E-state index contributed by atoms with van der Waals surface area (Å²) in [6.07, 6.45) is 1.73. The Labute approximate surface area is 184 Å². The monoisotopic (exact) mass is 436 g/mol. The molecule has 0 saturated carbocycles. The second-order valence-corrected chi connectivity index (χ2v) is 7.55. The second-order valence-electron chi connectivity index (χ2n) is 7.55. The van der Waals surface area contributed by atoms with Gasteiger partial charge in [-0.25, -0.2) is 13.8 Å². The molecule has 1 aromatic heterocycles. The summed E-state index contributed by atoms with van der Waals surface area (Å²) in [7, 11) is 0. The van der Waals surface area contributed by atoms with Gasteiger partial charge in [-0.2, -0.15) is 0 Å². The molecule has 0 unspecified atom stereocenters. The van der Waals surface area contributed by atoms with E-state index in [0.29, 0.717) is 37.4 Å². The van der Waals surface area contributed by atoms with Crippen LogP contribution in [0.2, 0.25) is 0 Å². The number of benzene rings is 2. The SMILES string of the molecule is O=C(Cc1ccc(F)cc1)Nc1ccc(N2CCN(C(=O)c3cccc(F)c3)CC2)nc1. The zero-order valence-electron chi connectivity index (χ0n) is 17.3. The molecule has 32 heavy (non-hydrogen) atoms. The Morgan fingerprint density at radius 3 is 2.31 bits per heavy atom. The van der Waals surface area contributed by atoms with E-state index < -0.39 is 5.82 Å². The van der Waals surface area contributed by atoms with Gasteiger partial charge in [0.15, 0.2) is 0 Å². The Kier molecular flexibility index (Phi) is 6.39. The van der Waals surface area contributed by atoms with Crippen molar-refractivity contribution in [2.75, 3.05) is 36.4 Å². The highest BCUT2D eigenvalue weighted by Crippen LogP contribution is 2.18. The molecule has 1 fully saturated rings. The molecule has 0 bridgehead atoms. The van der Waals surface area contributed by atoms with Crippen LogP contribution in [0.3, 0.4) is 0 Å². The molecule has 0 radical (unpaired) electrons. The van der Waals surface area contributed by atoms with Crippen molar-refractivity contribution in [3.8, 4) is 0 Å². The summed E-state index contributed by atoms with van der Waals surface area (Å²) < 4.78 is 26.4. The first-order valence-corrected chi connectivity index (χ1v) is 10.3. The zero-order chi connectivity index (χ0) is 22.5. The molecule has 1 N–H and O–H groups in total. The van der Waals surface area contributed by atoms with E-state index >= 15 is 0 Å². The summed E-state index contributed by atoms with van der Waals surface area (Å²) in [6, 6.07) is 15.1. The first-order chi connectivity index (χ1) is 15.5. The first-order valence-electron chi connectivity index (χ1n) is 10.3. The molecule has 1 aliphatic rings. The average molecular weight is 436 g/mol. The first kappa shape index (κ1) is 21.4. The van der Waals surface area contributed by atoms with E-state index in [9.17, 15) is 18.4 Å². The van der Waals surface area contributed by atoms with Crippen molar-refractivity contribution in [3.05, 3.63) is 89.6 Å². The number of anilines is 2. The van der Waals surface area contributed by atoms with Gasteiger partial charge in [-0.15, -0.1) is 0 Å². The molecular weight excluding hydrogens is 414 g/mol. The van der Waals surface area contributed by atoms with E-state index in [0.717, 1.165) is 11.4 Å². The highest BCUT2D eigenvalue weighted by Gasteiger charge is 2.23. The van der Waals surface area contributed by atoms with Gasteiger partial charge in [0.25, 0.3) is 5.91 Å². The molecule has 2 heterocycles. The van der Waals surface area contributed by atoms with Crippen molar-refractivity contribution < 1.29 is 18.4 Å². The lowest BCUT2D eigenvalue weighted by atomic mass is 10.1. The van der Waals surface area contributed by atoms with Crippen LogP contribution in [0.1, 0.15) is 15.9 Å². The number of carbonyl (C=O) groups excluding carboxylic acids is 2. The van der Waals surface area contributed by atoms with Gasteiger partial charge in [-0.05, 0) is 48.0 Å². The van der Waals surface area contributed by atoms with Crippen molar-refractivity contribution in [1.82, 2.24) is 9.88 Å². The molecule has 2 amide bonds. The lowest BCUT2D eigenvalue weighted by Gasteiger charge is -2.35. The Balaban J connectivity index is 1.29. The Morgan fingerprint density at radius 2 is 1.66 bits per heavy atom. The minimum absolute atomic E-state index is 0.142. The minimum atomic E-state index is -0.427. The maximum Gasteiger partial charge on any atom is 0.254 e. The summed E-state index contributed by atoms with van der Waals surface area (Å²) in [5, 5.41) is 2.78. The van der Waals surface area contributed by atoms with E-state index in [-0.39, 0.29) is 24.1 Å². The molecule has 1 aliphatic heterocycles. The minimum Gasteiger partial charge on any atom is -0.353 e. The average Bonchev–Trinajstić information content (AvgIpc) is 2.81. The van der Waals surface area contributed by atoms with Gasteiger partial charge in [-0.1, -0.05) is 18.2 Å². The number of halogens is 2. The largest absolute Gasteiger partial charge is 0.353 e. The van der Waals surface area contributed by atoms with E-state index in [1.165, 1.54) is 30.3 Å². The maximum atomic E-state index is 13.4. The van der Waals surface area contributed by atoms with Crippen LogP contribution in [-0.4, -0.2) is 47.9 Å². The second kappa shape index (κ2) is 9.55. The van der Waals surface area contributed by atoms with Gasteiger partial charge in [0.1, 0.15) is 17.5 Å². The van der Waals surface area contributed by atoms with Crippen molar-refractivity contribution in [3.63, 3.8) is 0 Å². The molecule has 0 aliphatic carbocycles. The zero-order valence-corrected chi connectivity index (χ0v) is 17.3. The van der Waals surface area contributed by atoms with Crippen LogP contribution in [-0.2, 0) is 11.2 Å². The third-order valence-corrected chi connectivity index (χ3v) is 5.27. The van der Waals surface area contributed by atoms with Crippen LogP contribution in [0.15, 0.2) is 66.9 Å². The standard InChI is InChI=1S/C24H22F2N4O2/c25-19-6-4-17(5-7-19)14-23(31)28-21-8-9-22(27-16-21)29-10-12-30(13-11-29)24(32)18-2-1-3-20(26)15-18/h1-9,15-16H,10-14H2,(H,28,31). The normalized spacial score (nSPS) is 13.7.